The summed E-state index contributed by atoms with van der Waals surface area (Å²) in [5.41, 5.74) is 0.761. The molecule has 3 rings (SSSR count). The second-order valence-corrected chi connectivity index (χ2v) is 5.47. The zero-order valence-electron chi connectivity index (χ0n) is 13.4. The van der Waals surface area contributed by atoms with Gasteiger partial charge in [-0.25, -0.2) is 4.39 Å². The fraction of sp³-hybridized carbons (Fsp3) is 0.111. The molecule has 26 heavy (non-hydrogen) atoms. The van der Waals surface area contributed by atoms with Crippen molar-refractivity contribution in [3.63, 3.8) is 0 Å². The van der Waals surface area contributed by atoms with Crippen LogP contribution in [0.5, 0.6) is 5.75 Å². The Morgan fingerprint density at radius 2 is 1.85 bits per heavy atom. The zero-order chi connectivity index (χ0) is 18.9. The Bertz CT molecular complexity index is 981. The third-order valence-corrected chi connectivity index (χ3v) is 3.51. The Kier molecular flexibility index (Phi) is 4.50. The number of ether oxygens (including phenoxy) is 1. The number of pyridine rings is 1. The average Bonchev–Trinajstić information content (AvgIpc) is 2.54. The number of alkyl halides is 3. The van der Waals surface area contributed by atoms with Crippen LogP contribution in [0.4, 0.5) is 23.2 Å². The number of benzene rings is 2. The van der Waals surface area contributed by atoms with Crippen molar-refractivity contribution in [2.45, 2.75) is 13.3 Å². The van der Waals surface area contributed by atoms with E-state index in [0.717, 1.165) is 6.07 Å². The predicted molar refractivity (Wildman–Crippen MR) is 87.5 cm³/mol. The van der Waals surface area contributed by atoms with Gasteiger partial charge in [0.15, 0.2) is 5.75 Å². The molecule has 0 atom stereocenters. The first-order valence-corrected chi connectivity index (χ1v) is 7.46. The molecular weight excluding hydrogens is 352 g/mol. The highest BCUT2D eigenvalue weighted by molar-refractivity contribution is 6.12. The van der Waals surface area contributed by atoms with Crippen molar-refractivity contribution in [1.29, 1.82) is 0 Å². The van der Waals surface area contributed by atoms with E-state index in [1.807, 2.05) is 0 Å². The number of rotatable bonds is 3. The summed E-state index contributed by atoms with van der Waals surface area (Å²) in [4.78, 5) is 16.8. The molecule has 0 unspecified atom stereocenters. The van der Waals surface area contributed by atoms with Crippen LogP contribution in [0.25, 0.3) is 10.9 Å². The van der Waals surface area contributed by atoms with Crippen LogP contribution >= 0.6 is 0 Å². The van der Waals surface area contributed by atoms with Gasteiger partial charge in [-0.05, 0) is 37.3 Å². The zero-order valence-corrected chi connectivity index (χ0v) is 13.4. The monoisotopic (exact) mass is 364 g/mol. The summed E-state index contributed by atoms with van der Waals surface area (Å²) in [5, 5.41) is 2.78. The first-order valence-electron chi connectivity index (χ1n) is 7.46. The van der Waals surface area contributed by atoms with Crippen LogP contribution in [-0.2, 0) is 0 Å². The minimum absolute atomic E-state index is 0.139. The summed E-state index contributed by atoms with van der Waals surface area (Å²) in [5.74, 6) is -1.70. The van der Waals surface area contributed by atoms with E-state index in [0.29, 0.717) is 11.1 Å². The smallest absolute Gasteiger partial charge is 0.404 e. The number of halogens is 4. The lowest BCUT2D eigenvalue weighted by Gasteiger charge is -2.14. The summed E-state index contributed by atoms with van der Waals surface area (Å²) >= 11 is 0. The average molecular weight is 364 g/mol. The largest absolute Gasteiger partial charge is 0.573 e. The fourth-order valence-corrected chi connectivity index (χ4v) is 2.50. The van der Waals surface area contributed by atoms with E-state index in [2.05, 4.69) is 15.0 Å². The summed E-state index contributed by atoms with van der Waals surface area (Å²) in [6.45, 7) is 1.63. The number of aromatic nitrogens is 1. The maximum Gasteiger partial charge on any atom is 0.573 e. The van der Waals surface area contributed by atoms with Gasteiger partial charge >= 0.3 is 6.36 Å². The molecule has 0 aliphatic heterocycles. The van der Waals surface area contributed by atoms with Crippen LogP contribution in [0.3, 0.4) is 0 Å². The predicted octanol–water partition coefficient (Wildman–Crippen LogP) is 4.83. The van der Waals surface area contributed by atoms with Gasteiger partial charge in [-0.1, -0.05) is 12.1 Å². The molecule has 0 spiro atoms. The molecule has 4 nitrogen and oxygen atoms in total. The molecule has 1 heterocycles. The van der Waals surface area contributed by atoms with Gasteiger partial charge in [0.2, 0.25) is 0 Å². The molecule has 0 fully saturated rings. The molecular formula is C18H12F4N2O2. The second-order valence-electron chi connectivity index (χ2n) is 5.47. The lowest BCUT2D eigenvalue weighted by Crippen LogP contribution is -2.19. The van der Waals surface area contributed by atoms with Crippen molar-refractivity contribution in [3.8, 4) is 5.75 Å². The molecule has 1 N–H and O–H groups in total. The summed E-state index contributed by atoms with van der Waals surface area (Å²) in [7, 11) is 0. The highest BCUT2D eigenvalue weighted by Gasteiger charge is 2.32. The van der Waals surface area contributed by atoms with E-state index in [4.69, 9.17) is 0 Å². The molecule has 0 aliphatic carbocycles. The molecule has 1 aromatic heterocycles. The van der Waals surface area contributed by atoms with Gasteiger partial charge in [0.1, 0.15) is 5.82 Å². The molecule has 2 aromatic carbocycles. The number of para-hydroxylation sites is 2. The summed E-state index contributed by atoms with van der Waals surface area (Å²) in [6, 6.07) is 10.4. The number of aryl methyl sites for hydroxylation is 1. The van der Waals surface area contributed by atoms with E-state index in [1.54, 1.807) is 6.92 Å². The normalized spacial score (nSPS) is 11.4. The number of carbonyl (C=O) groups excluding carboxylic acids is 1. The number of hydrogen-bond donors (Lipinski definition) is 1. The molecule has 0 bridgehead atoms. The van der Waals surface area contributed by atoms with Crippen LogP contribution in [-0.4, -0.2) is 17.3 Å². The number of hydrogen-bond acceptors (Lipinski definition) is 3. The SMILES string of the molecule is Cc1cc(C(=O)Nc2ccccc2OC(F)(F)F)c2ccc(F)cc2n1. The van der Waals surface area contributed by atoms with Crippen molar-refractivity contribution in [2.75, 3.05) is 5.32 Å². The molecule has 0 saturated carbocycles. The lowest BCUT2D eigenvalue weighted by atomic mass is 10.1. The summed E-state index contributed by atoms with van der Waals surface area (Å²) < 4.78 is 54.8. The number of carbonyl (C=O) groups is 1. The number of amides is 1. The first kappa shape index (κ1) is 17.7. The van der Waals surface area contributed by atoms with Crippen LogP contribution in [0.1, 0.15) is 16.1 Å². The molecule has 8 heteroatoms. The van der Waals surface area contributed by atoms with E-state index >= 15 is 0 Å². The van der Waals surface area contributed by atoms with E-state index < -0.39 is 23.8 Å². The van der Waals surface area contributed by atoms with E-state index in [9.17, 15) is 22.4 Å². The van der Waals surface area contributed by atoms with Crippen LogP contribution in [0, 0.1) is 12.7 Å². The number of anilines is 1. The number of nitrogens with zero attached hydrogens (tertiary/aromatic N) is 1. The lowest BCUT2D eigenvalue weighted by molar-refractivity contribution is -0.274. The van der Waals surface area contributed by atoms with E-state index in [1.165, 1.54) is 42.5 Å². The maximum absolute atomic E-state index is 13.4. The standard InChI is InChI=1S/C18H12F4N2O2/c1-10-8-13(12-7-6-11(19)9-15(12)23-10)17(25)24-14-4-2-3-5-16(14)26-18(20,21)22/h2-9H,1H3,(H,24,25). The Morgan fingerprint density at radius 3 is 2.58 bits per heavy atom. The van der Waals surface area contributed by atoms with Crippen LogP contribution in [0.2, 0.25) is 0 Å². The maximum atomic E-state index is 13.4. The Hall–Kier alpha value is -3.16. The quantitative estimate of drug-likeness (QED) is 0.677. The van der Waals surface area contributed by atoms with Gasteiger partial charge in [-0.2, -0.15) is 0 Å². The van der Waals surface area contributed by atoms with E-state index in [-0.39, 0.29) is 16.8 Å². The topological polar surface area (TPSA) is 51.2 Å². The van der Waals surface area contributed by atoms with Gasteiger partial charge in [-0.3, -0.25) is 9.78 Å². The Morgan fingerprint density at radius 1 is 1.12 bits per heavy atom. The van der Waals surface area contributed by atoms with Crippen molar-refractivity contribution < 1.29 is 27.1 Å². The Labute approximate surface area is 145 Å². The van der Waals surface area contributed by atoms with Gasteiger partial charge in [0.25, 0.3) is 5.91 Å². The molecule has 1 amide bonds. The van der Waals surface area contributed by atoms with Crippen molar-refractivity contribution in [3.05, 3.63) is 65.6 Å². The minimum atomic E-state index is -4.89. The summed E-state index contributed by atoms with van der Waals surface area (Å²) in [6.07, 6.45) is -4.89. The molecule has 0 radical (unpaired) electrons. The molecule has 134 valence electrons. The first-order chi connectivity index (χ1) is 12.2. The van der Waals surface area contributed by atoms with Crippen LogP contribution < -0.4 is 10.1 Å². The minimum Gasteiger partial charge on any atom is -0.404 e. The molecule has 3 aromatic rings. The fourth-order valence-electron chi connectivity index (χ4n) is 2.50. The van der Waals surface area contributed by atoms with Crippen molar-refractivity contribution in [2.24, 2.45) is 0 Å². The number of nitrogens with one attached hydrogen (secondary N) is 1. The highest BCUT2D eigenvalue weighted by atomic mass is 19.4. The molecule has 0 saturated heterocycles. The molecule has 0 aliphatic rings. The van der Waals surface area contributed by atoms with Gasteiger partial charge in [0, 0.05) is 17.1 Å². The third kappa shape index (κ3) is 3.90. The third-order valence-electron chi connectivity index (χ3n) is 3.51. The Balaban J connectivity index is 1.98. The van der Waals surface area contributed by atoms with Gasteiger partial charge < -0.3 is 10.1 Å². The number of fused-ring (bicyclic) bond motifs is 1. The van der Waals surface area contributed by atoms with Gasteiger partial charge in [0.05, 0.1) is 16.8 Å². The second kappa shape index (κ2) is 6.62. The highest BCUT2D eigenvalue weighted by Crippen LogP contribution is 2.30. The van der Waals surface area contributed by atoms with Gasteiger partial charge in [-0.15, -0.1) is 13.2 Å². The van der Waals surface area contributed by atoms with Crippen molar-refractivity contribution in [1.82, 2.24) is 4.98 Å². The van der Waals surface area contributed by atoms with Crippen LogP contribution in [0.15, 0.2) is 48.5 Å². The van der Waals surface area contributed by atoms with Crippen molar-refractivity contribution >= 4 is 22.5 Å².